The summed E-state index contributed by atoms with van der Waals surface area (Å²) in [5.41, 5.74) is 4.60. The molecule has 1 fully saturated rings. The van der Waals surface area contributed by atoms with Crippen LogP contribution in [0.25, 0.3) is 32.2 Å². The minimum atomic E-state index is 0.790. The van der Waals surface area contributed by atoms with Gasteiger partial charge in [0, 0.05) is 18.8 Å². The molecule has 1 aromatic carbocycles. The second-order valence-electron chi connectivity index (χ2n) is 6.70. The van der Waals surface area contributed by atoms with E-state index in [1.54, 1.807) is 22.7 Å². The molecule has 0 aliphatic carbocycles. The molecule has 4 heterocycles. The van der Waals surface area contributed by atoms with Crippen molar-refractivity contribution >= 4 is 56.7 Å². The van der Waals surface area contributed by atoms with E-state index in [4.69, 9.17) is 22.2 Å². The number of likely N-dealkylation sites (tertiary alicyclic amines) is 1. The van der Waals surface area contributed by atoms with Gasteiger partial charge in [0.25, 0.3) is 0 Å². The topological polar surface area (TPSA) is 41.1 Å². The molecule has 140 valence electrons. The number of rotatable bonds is 3. The van der Waals surface area contributed by atoms with E-state index in [0.29, 0.717) is 0 Å². The van der Waals surface area contributed by atoms with Crippen LogP contribution in [0.3, 0.4) is 0 Å². The quantitative estimate of drug-likeness (QED) is 0.418. The summed E-state index contributed by atoms with van der Waals surface area (Å²) in [6.45, 7) is 2.07. The Hall–Kier alpha value is -2.35. The van der Waals surface area contributed by atoms with Gasteiger partial charge in [0.05, 0.1) is 20.8 Å². The summed E-state index contributed by atoms with van der Waals surface area (Å²) in [6, 6.07) is 14.4. The third kappa shape index (κ3) is 3.41. The largest absolute Gasteiger partial charge is 0.349 e. The van der Waals surface area contributed by atoms with Gasteiger partial charge in [-0.3, -0.25) is 0 Å². The van der Waals surface area contributed by atoms with Gasteiger partial charge in [0.1, 0.15) is 11.4 Å². The van der Waals surface area contributed by atoms with Crippen LogP contribution < -0.4 is 5.32 Å². The van der Waals surface area contributed by atoms with Gasteiger partial charge >= 0.3 is 0 Å². The lowest BCUT2D eigenvalue weighted by Gasteiger charge is -2.19. The smallest absolute Gasteiger partial charge is 0.173 e. The molecule has 0 amide bonds. The van der Waals surface area contributed by atoms with Crippen LogP contribution in [-0.2, 0) is 0 Å². The maximum absolute atomic E-state index is 5.57. The second kappa shape index (κ2) is 7.58. The Morgan fingerprint density at radius 3 is 2.14 bits per heavy atom. The molecule has 1 aliphatic rings. The number of anilines is 1. The molecule has 3 aromatic heterocycles. The van der Waals surface area contributed by atoms with E-state index in [-0.39, 0.29) is 0 Å². The monoisotopic (exact) mass is 422 g/mol. The van der Waals surface area contributed by atoms with E-state index in [1.807, 2.05) is 18.2 Å². The van der Waals surface area contributed by atoms with E-state index in [2.05, 4.69) is 45.2 Å². The van der Waals surface area contributed by atoms with E-state index in [0.717, 1.165) is 56.1 Å². The number of hydrogen-bond acceptors (Lipinski definition) is 5. The zero-order valence-electron chi connectivity index (χ0n) is 15.1. The minimum Gasteiger partial charge on any atom is -0.349 e. The predicted octanol–water partition coefficient (Wildman–Crippen LogP) is 5.88. The van der Waals surface area contributed by atoms with Crippen LogP contribution in [-0.4, -0.2) is 33.1 Å². The van der Waals surface area contributed by atoms with Crippen molar-refractivity contribution in [1.82, 2.24) is 14.9 Å². The molecule has 1 aliphatic heterocycles. The van der Waals surface area contributed by atoms with Gasteiger partial charge in [-0.05, 0) is 66.2 Å². The summed E-state index contributed by atoms with van der Waals surface area (Å²) < 4.78 is 0. The molecule has 28 heavy (non-hydrogen) atoms. The van der Waals surface area contributed by atoms with Crippen molar-refractivity contribution < 1.29 is 0 Å². The third-order valence-corrected chi connectivity index (χ3v) is 6.93. The standard InChI is InChI=1S/C21H18N4S3/c26-21(25-9-1-2-10-25)22-14-7-8-15-16(13-14)24-20(18-6-4-12-28-18)19(23-15)17-5-3-11-27-17/h3-8,11-13H,1-2,9-10H2,(H,22,26). The Kier molecular flexibility index (Phi) is 4.80. The highest BCUT2D eigenvalue weighted by atomic mass is 32.1. The average Bonchev–Trinajstić information content (AvgIpc) is 3.50. The molecule has 0 spiro atoms. The summed E-state index contributed by atoms with van der Waals surface area (Å²) in [7, 11) is 0. The van der Waals surface area contributed by atoms with Gasteiger partial charge in [0.15, 0.2) is 5.11 Å². The maximum atomic E-state index is 5.57. The van der Waals surface area contributed by atoms with Gasteiger partial charge in [-0.2, -0.15) is 0 Å². The Morgan fingerprint density at radius 2 is 1.54 bits per heavy atom. The summed E-state index contributed by atoms with van der Waals surface area (Å²) >= 11 is 8.94. The second-order valence-corrected chi connectivity index (χ2v) is 8.99. The van der Waals surface area contributed by atoms with Crippen molar-refractivity contribution in [2.75, 3.05) is 18.4 Å². The normalized spacial score (nSPS) is 13.9. The third-order valence-electron chi connectivity index (χ3n) is 4.82. The van der Waals surface area contributed by atoms with Crippen LogP contribution in [0, 0.1) is 0 Å². The van der Waals surface area contributed by atoms with Gasteiger partial charge in [-0.25, -0.2) is 9.97 Å². The van der Waals surface area contributed by atoms with E-state index in [9.17, 15) is 0 Å². The Morgan fingerprint density at radius 1 is 0.893 bits per heavy atom. The zero-order chi connectivity index (χ0) is 18.9. The molecular formula is C21H18N4S3. The molecule has 4 aromatic rings. The van der Waals surface area contributed by atoms with E-state index < -0.39 is 0 Å². The average molecular weight is 423 g/mol. The van der Waals surface area contributed by atoms with Gasteiger partial charge in [-0.1, -0.05) is 12.1 Å². The fourth-order valence-electron chi connectivity index (χ4n) is 3.43. The van der Waals surface area contributed by atoms with Crippen LogP contribution in [0.1, 0.15) is 12.8 Å². The SMILES string of the molecule is S=C(Nc1ccc2nc(-c3cccs3)c(-c3cccs3)nc2c1)N1CCCC1. The number of nitrogens with zero attached hydrogens (tertiary/aromatic N) is 3. The molecule has 5 rings (SSSR count). The first-order chi connectivity index (χ1) is 13.8. The molecule has 1 N–H and O–H groups in total. The maximum Gasteiger partial charge on any atom is 0.173 e. The number of thiophene rings is 2. The van der Waals surface area contributed by atoms with Crippen LogP contribution in [0.15, 0.2) is 53.2 Å². The van der Waals surface area contributed by atoms with Crippen molar-refractivity contribution in [3.63, 3.8) is 0 Å². The molecule has 0 saturated carbocycles. The minimum absolute atomic E-state index is 0.790. The van der Waals surface area contributed by atoms with Crippen molar-refractivity contribution in [3.05, 3.63) is 53.2 Å². The molecule has 0 radical (unpaired) electrons. The van der Waals surface area contributed by atoms with Gasteiger partial charge < -0.3 is 10.2 Å². The molecule has 0 atom stereocenters. The predicted molar refractivity (Wildman–Crippen MR) is 123 cm³/mol. The summed E-state index contributed by atoms with van der Waals surface area (Å²) in [5.74, 6) is 0. The molecule has 4 nitrogen and oxygen atoms in total. The van der Waals surface area contributed by atoms with E-state index >= 15 is 0 Å². The molecule has 7 heteroatoms. The highest BCUT2D eigenvalue weighted by Crippen LogP contribution is 2.35. The fourth-order valence-corrected chi connectivity index (χ4v) is 5.16. The molecule has 0 bridgehead atoms. The Balaban J connectivity index is 1.56. The van der Waals surface area contributed by atoms with Crippen molar-refractivity contribution in [1.29, 1.82) is 0 Å². The number of benzene rings is 1. The van der Waals surface area contributed by atoms with Gasteiger partial charge in [0.2, 0.25) is 0 Å². The Labute approximate surface area is 176 Å². The highest BCUT2D eigenvalue weighted by Gasteiger charge is 2.17. The number of thiocarbonyl (C=S) groups is 1. The number of nitrogens with one attached hydrogen (secondary N) is 1. The summed E-state index contributed by atoms with van der Waals surface area (Å²) in [6.07, 6.45) is 2.42. The Bertz CT molecular complexity index is 1110. The fraction of sp³-hybridized carbons (Fsp3) is 0.190. The first kappa shape index (κ1) is 17.7. The highest BCUT2D eigenvalue weighted by molar-refractivity contribution is 7.80. The van der Waals surface area contributed by atoms with Crippen LogP contribution in [0.2, 0.25) is 0 Å². The number of fused-ring (bicyclic) bond motifs is 1. The first-order valence-electron chi connectivity index (χ1n) is 9.23. The number of aromatic nitrogens is 2. The summed E-state index contributed by atoms with van der Waals surface area (Å²) in [5, 5.41) is 8.31. The lowest BCUT2D eigenvalue weighted by atomic mass is 10.2. The van der Waals surface area contributed by atoms with Gasteiger partial charge in [-0.15, -0.1) is 22.7 Å². The molecule has 1 saturated heterocycles. The van der Waals surface area contributed by atoms with Crippen LogP contribution in [0.4, 0.5) is 5.69 Å². The first-order valence-corrected chi connectivity index (χ1v) is 11.4. The molecule has 0 unspecified atom stereocenters. The summed E-state index contributed by atoms with van der Waals surface area (Å²) in [4.78, 5) is 14.4. The van der Waals surface area contributed by atoms with E-state index in [1.165, 1.54) is 12.8 Å². The van der Waals surface area contributed by atoms with Crippen LogP contribution in [0.5, 0.6) is 0 Å². The van der Waals surface area contributed by atoms with Crippen molar-refractivity contribution in [3.8, 4) is 21.1 Å². The zero-order valence-corrected chi connectivity index (χ0v) is 17.5. The van der Waals surface area contributed by atoms with Crippen LogP contribution >= 0.6 is 34.9 Å². The lowest BCUT2D eigenvalue weighted by Crippen LogP contribution is -2.31. The van der Waals surface area contributed by atoms with Crippen molar-refractivity contribution in [2.45, 2.75) is 12.8 Å². The number of hydrogen-bond donors (Lipinski definition) is 1. The lowest BCUT2D eigenvalue weighted by molar-refractivity contribution is 0.528. The molecular weight excluding hydrogens is 404 g/mol. The van der Waals surface area contributed by atoms with Crippen molar-refractivity contribution in [2.24, 2.45) is 0 Å².